The van der Waals surface area contributed by atoms with E-state index in [1.807, 2.05) is 6.07 Å². The third-order valence-corrected chi connectivity index (χ3v) is 7.29. The highest BCUT2D eigenvalue weighted by atomic mass is 127. The van der Waals surface area contributed by atoms with Gasteiger partial charge in [0, 0.05) is 11.1 Å². The molecule has 1 aromatic rings. The first kappa shape index (κ1) is 24.3. The van der Waals surface area contributed by atoms with Crippen LogP contribution in [0.2, 0.25) is 0 Å². The average Bonchev–Trinajstić information content (AvgIpc) is 2.23. The number of benzene rings is 1. The highest BCUT2D eigenvalue weighted by Crippen LogP contribution is 2.60. The predicted octanol–water partition coefficient (Wildman–Crippen LogP) is 8.63. The Labute approximate surface area is 245 Å². The molecule has 1 N–H and O–H groups in total. The Hall–Kier alpha value is 5.26. The van der Waals surface area contributed by atoms with Crippen LogP contribution >= 0.6 is 203 Å². The maximum Gasteiger partial charge on any atom is 0.336 e. The van der Waals surface area contributed by atoms with Crippen LogP contribution in [0.5, 0.6) is 0 Å². The van der Waals surface area contributed by atoms with E-state index in [4.69, 9.17) is 0 Å². The molecule has 0 atom stereocenters. The summed E-state index contributed by atoms with van der Waals surface area (Å²) in [6, 6.07) is 3.69. The van der Waals surface area contributed by atoms with Gasteiger partial charge in [0.05, 0.1) is 5.56 Å². The highest BCUT2D eigenvalue weighted by molar-refractivity contribution is 14.3. The molecule has 21 heavy (non-hydrogen) atoms. The smallest absolute Gasteiger partial charge is 0.336 e. The standard InChI is InChI=1S/C10H3I9O2/c11-8(12,13)4-2-1-3(7(20)21)5(9(14,15)16)6(4)10(17,18)19/h1-2H,(H,20,21). The number of alkyl halides is 9. The van der Waals surface area contributed by atoms with Crippen LogP contribution in [0, 0.1) is 0 Å². The molecule has 0 fully saturated rings. The van der Waals surface area contributed by atoms with Gasteiger partial charge in [-0.1, -0.05) is 6.07 Å². The molecule has 11 heteroatoms. The van der Waals surface area contributed by atoms with Crippen molar-refractivity contribution in [1.29, 1.82) is 0 Å². The van der Waals surface area contributed by atoms with Gasteiger partial charge in [0.25, 0.3) is 0 Å². The molecule has 0 aliphatic rings. The van der Waals surface area contributed by atoms with Crippen LogP contribution < -0.4 is 0 Å². The van der Waals surface area contributed by atoms with Gasteiger partial charge in [-0.2, -0.15) is 0 Å². The van der Waals surface area contributed by atoms with E-state index in [0.29, 0.717) is 5.56 Å². The van der Waals surface area contributed by atoms with Crippen LogP contribution in [-0.4, -0.2) is 11.1 Å². The summed E-state index contributed by atoms with van der Waals surface area (Å²) in [5.41, 5.74) is 3.54. The van der Waals surface area contributed by atoms with Gasteiger partial charge < -0.3 is 5.11 Å². The molecule has 118 valence electrons. The first-order valence-corrected chi connectivity index (χ1v) is 14.5. The van der Waals surface area contributed by atoms with Crippen LogP contribution in [0.15, 0.2) is 12.1 Å². The van der Waals surface area contributed by atoms with E-state index in [2.05, 4.69) is 203 Å². The Kier molecular flexibility index (Phi) is 10.6. The zero-order chi connectivity index (χ0) is 16.8. The SMILES string of the molecule is O=C(O)c1ccc(C(I)(I)I)c(C(I)(I)I)c1C(I)(I)I. The van der Waals surface area contributed by atoms with Crippen LogP contribution in [0.25, 0.3) is 0 Å². The van der Waals surface area contributed by atoms with Gasteiger partial charge in [-0.3, -0.25) is 0 Å². The lowest BCUT2D eigenvalue weighted by Crippen LogP contribution is -2.20. The van der Waals surface area contributed by atoms with E-state index in [-0.39, 0.29) is -1.69 Å². The van der Waals surface area contributed by atoms with E-state index >= 15 is 0 Å². The summed E-state index contributed by atoms with van der Waals surface area (Å²) in [5.74, 6) is -0.874. The van der Waals surface area contributed by atoms with Crippen molar-refractivity contribution in [2.24, 2.45) is 0 Å². The third kappa shape index (κ3) is 6.98. The number of rotatable bonds is 4. The van der Waals surface area contributed by atoms with Crippen molar-refractivity contribution in [3.8, 4) is 0 Å². The average molecular weight is 1300 g/mol. The Morgan fingerprint density at radius 2 is 1.19 bits per heavy atom. The summed E-state index contributed by atoms with van der Waals surface area (Å²) in [6.45, 7) is 0. The fourth-order valence-electron chi connectivity index (χ4n) is 1.61. The second-order valence-corrected chi connectivity index (χ2v) is 36.8. The minimum Gasteiger partial charge on any atom is -0.478 e. The van der Waals surface area contributed by atoms with Crippen molar-refractivity contribution in [2.75, 3.05) is 0 Å². The van der Waals surface area contributed by atoms with Crippen molar-refractivity contribution in [3.63, 3.8) is 0 Å². The van der Waals surface area contributed by atoms with Crippen molar-refractivity contribution < 1.29 is 9.90 Å². The lowest BCUT2D eigenvalue weighted by molar-refractivity contribution is 0.0696. The van der Waals surface area contributed by atoms with Gasteiger partial charge >= 0.3 is 5.97 Å². The summed E-state index contributed by atoms with van der Waals surface area (Å²) in [4.78, 5) is 11.7. The number of halogens is 9. The molecule has 0 bridgehead atoms. The topological polar surface area (TPSA) is 37.3 Å². The van der Waals surface area contributed by atoms with Gasteiger partial charge in [0.1, 0.15) is -1.69 Å². The molecule has 1 aromatic carbocycles. The molecule has 0 aliphatic heterocycles. The van der Waals surface area contributed by atoms with Gasteiger partial charge in [-0.25, -0.2) is 4.79 Å². The molecule has 1 rings (SSSR count). The maximum absolute atomic E-state index is 11.7. The molecule has 0 saturated heterocycles. The van der Waals surface area contributed by atoms with Gasteiger partial charge in [0.15, 0.2) is 0 Å². The second-order valence-electron chi connectivity index (χ2n) is 3.71. The van der Waals surface area contributed by atoms with E-state index in [1.54, 1.807) is 6.07 Å². The first-order valence-electron chi connectivity index (χ1n) is 4.79. The van der Waals surface area contributed by atoms with Crippen molar-refractivity contribution in [2.45, 2.75) is -1.69 Å². The quantitative estimate of drug-likeness (QED) is 0.243. The maximum atomic E-state index is 11.7. The number of hydrogen-bond acceptors (Lipinski definition) is 1. The Bertz CT molecular complexity index is 566. The molecule has 0 heterocycles. The fourth-order valence-corrected chi connectivity index (χ4v) is 6.32. The van der Waals surface area contributed by atoms with Crippen LogP contribution in [-0.2, 0) is -1.69 Å². The highest BCUT2D eigenvalue weighted by Gasteiger charge is 2.41. The van der Waals surface area contributed by atoms with Crippen molar-refractivity contribution in [1.82, 2.24) is 0 Å². The number of carboxylic acids is 1. The van der Waals surface area contributed by atoms with Crippen molar-refractivity contribution >= 4 is 209 Å². The molecule has 0 aliphatic carbocycles. The lowest BCUT2D eigenvalue weighted by atomic mass is 9.99. The van der Waals surface area contributed by atoms with E-state index in [0.717, 1.165) is 16.7 Å². The molecule has 0 spiro atoms. The summed E-state index contributed by atoms with van der Waals surface area (Å²) < 4.78 is -0.673. The van der Waals surface area contributed by atoms with Crippen LogP contribution in [0.4, 0.5) is 0 Å². The normalized spacial score (nSPS) is 13.4. The lowest BCUT2D eigenvalue weighted by Gasteiger charge is -2.30. The van der Waals surface area contributed by atoms with Crippen molar-refractivity contribution in [3.05, 3.63) is 34.4 Å². The van der Waals surface area contributed by atoms with E-state index in [1.165, 1.54) is 0 Å². The van der Waals surface area contributed by atoms with Crippen LogP contribution in [0.1, 0.15) is 27.0 Å². The summed E-state index contributed by atoms with van der Waals surface area (Å²) in [6.07, 6.45) is 0. The molecular formula is C10H3I9O2. The Morgan fingerprint density at radius 1 is 0.762 bits per heavy atom. The van der Waals surface area contributed by atoms with E-state index < -0.39 is 5.97 Å². The van der Waals surface area contributed by atoms with E-state index in [9.17, 15) is 9.90 Å². The van der Waals surface area contributed by atoms with Gasteiger partial charge in [-0.15, -0.1) is 0 Å². The Morgan fingerprint density at radius 3 is 1.48 bits per heavy atom. The molecule has 0 unspecified atom stereocenters. The molecule has 0 aromatic heterocycles. The summed E-state index contributed by atoms with van der Waals surface area (Å²) >= 11 is 21.2. The largest absolute Gasteiger partial charge is 0.478 e. The molecule has 2 nitrogen and oxygen atoms in total. The second kappa shape index (κ2) is 9.17. The van der Waals surface area contributed by atoms with Crippen LogP contribution in [0.3, 0.4) is 0 Å². The minimum atomic E-state index is -0.874. The number of hydrogen-bond donors (Lipinski definition) is 1. The molecule has 0 radical (unpaired) electrons. The molecule has 0 saturated carbocycles. The number of aromatic carboxylic acids is 1. The fraction of sp³-hybridized carbons (Fsp3) is 0.300. The first-order chi connectivity index (χ1) is 9.17. The summed E-state index contributed by atoms with van der Waals surface area (Å²) in [7, 11) is 0. The number of carboxylic acid groups (broad SMARTS) is 1. The molecule has 0 amide bonds. The monoisotopic (exact) mass is 1300 g/mol. The zero-order valence-corrected chi connectivity index (χ0v) is 28.8. The van der Waals surface area contributed by atoms with Gasteiger partial charge in [-0.05, 0) is 215 Å². The summed E-state index contributed by atoms with van der Waals surface area (Å²) in [5, 5.41) is 9.59. The zero-order valence-electron chi connectivity index (χ0n) is 9.41. The molecular weight excluding hydrogens is 1290 g/mol. The number of carbonyl (C=O) groups is 1. The minimum absolute atomic E-state index is 0.129. The Balaban J connectivity index is 3.98. The third-order valence-electron chi connectivity index (χ3n) is 2.31. The predicted molar refractivity (Wildman–Crippen MR) is 165 cm³/mol. The van der Waals surface area contributed by atoms with Gasteiger partial charge in [0.2, 0.25) is 0 Å².